The molecule has 0 aromatic carbocycles. The first kappa shape index (κ1) is 14.4. The lowest BCUT2D eigenvalue weighted by molar-refractivity contribution is -0.154. The van der Waals surface area contributed by atoms with Crippen molar-refractivity contribution in [3.63, 3.8) is 0 Å². The third-order valence-corrected chi connectivity index (χ3v) is 4.61. The Balaban J connectivity index is 1.83. The first-order valence-electron chi connectivity index (χ1n) is 7.26. The van der Waals surface area contributed by atoms with E-state index in [1.165, 1.54) is 13.3 Å². The van der Waals surface area contributed by atoms with Gasteiger partial charge in [0.15, 0.2) is 0 Å². The number of esters is 2. The van der Waals surface area contributed by atoms with Gasteiger partial charge in [-0.1, -0.05) is 20.3 Å². The number of hydrogen-bond donors (Lipinski definition) is 0. The second kappa shape index (κ2) is 5.51. The normalized spacial score (nSPS) is 29.6. The molecule has 0 bridgehead atoms. The van der Waals surface area contributed by atoms with Gasteiger partial charge in [0.25, 0.3) is 0 Å². The molecule has 2 rings (SSSR count). The van der Waals surface area contributed by atoms with E-state index in [4.69, 9.17) is 9.47 Å². The second-order valence-corrected chi connectivity index (χ2v) is 6.41. The fraction of sp³-hybridized carbons (Fsp3) is 0.867. The van der Waals surface area contributed by atoms with Gasteiger partial charge in [0.05, 0.1) is 12.5 Å². The maximum atomic E-state index is 12.2. The van der Waals surface area contributed by atoms with Gasteiger partial charge in [-0.3, -0.25) is 9.59 Å². The van der Waals surface area contributed by atoms with Crippen LogP contribution in [0, 0.1) is 17.3 Å². The highest BCUT2D eigenvalue weighted by Gasteiger charge is 2.63. The van der Waals surface area contributed by atoms with Crippen LogP contribution in [0.15, 0.2) is 0 Å². The second-order valence-electron chi connectivity index (χ2n) is 6.41. The summed E-state index contributed by atoms with van der Waals surface area (Å²) in [6.07, 6.45) is 5.65. The van der Waals surface area contributed by atoms with Gasteiger partial charge < -0.3 is 9.47 Å². The van der Waals surface area contributed by atoms with Crippen LogP contribution in [0.2, 0.25) is 0 Å². The Labute approximate surface area is 114 Å². The van der Waals surface area contributed by atoms with E-state index in [2.05, 4.69) is 0 Å². The van der Waals surface area contributed by atoms with Crippen LogP contribution in [0.1, 0.15) is 52.9 Å². The summed E-state index contributed by atoms with van der Waals surface area (Å²) < 4.78 is 10.6. The van der Waals surface area contributed by atoms with Crippen molar-refractivity contribution in [1.82, 2.24) is 0 Å². The number of rotatable bonds is 4. The molecule has 2 saturated carbocycles. The topological polar surface area (TPSA) is 52.6 Å². The summed E-state index contributed by atoms with van der Waals surface area (Å²) in [5.74, 6) is -0.405. The predicted molar refractivity (Wildman–Crippen MR) is 70.4 cm³/mol. The molecule has 2 unspecified atom stereocenters. The average molecular weight is 268 g/mol. The molecule has 0 aromatic rings. The summed E-state index contributed by atoms with van der Waals surface area (Å²) in [6, 6.07) is 0. The van der Waals surface area contributed by atoms with Crippen molar-refractivity contribution in [1.29, 1.82) is 0 Å². The monoisotopic (exact) mass is 268 g/mol. The summed E-state index contributed by atoms with van der Waals surface area (Å²) >= 11 is 0. The number of ether oxygens (including phenoxy) is 2. The molecule has 19 heavy (non-hydrogen) atoms. The van der Waals surface area contributed by atoms with Crippen molar-refractivity contribution >= 4 is 11.9 Å². The zero-order valence-corrected chi connectivity index (χ0v) is 12.1. The summed E-state index contributed by atoms with van der Waals surface area (Å²) in [5, 5.41) is 0. The number of carbonyl (C=O) groups is 2. The Hall–Kier alpha value is -1.06. The van der Waals surface area contributed by atoms with Crippen molar-refractivity contribution in [2.24, 2.45) is 17.3 Å². The summed E-state index contributed by atoms with van der Waals surface area (Å²) in [5.41, 5.74) is -0.110. The third-order valence-electron chi connectivity index (χ3n) is 4.61. The van der Waals surface area contributed by atoms with E-state index >= 15 is 0 Å². The van der Waals surface area contributed by atoms with Gasteiger partial charge in [0, 0.05) is 12.8 Å². The zero-order chi connectivity index (χ0) is 14.0. The van der Waals surface area contributed by atoms with Gasteiger partial charge in [0.2, 0.25) is 0 Å². The molecular formula is C15H24O4. The zero-order valence-electron chi connectivity index (χ0n) is 12.1. The Morgan fingerprint density at radius 1 is 1.16 bits per heavy atom. The minimum atomic E-state index is -0.290. The SMILES string of the molecule is CC(=O)OCC1C(C(=O)OC2CCCCC2)C1(C)C. The van der Waals surface area contributed by atoms with Crippen LogP contribution in [0.3, 0.4) is 0 Å². The van der Waals surface area contributed by atoms with Gasteiger partial charge in [-0.25, -0.2) is 0 Å². The van der Waals surface area contributed by atoms with Gasteiger partial charge in [-0.05, 0) is 31.1 Å². The van der Waals surface area contributed by atoms with E-state index in [1.54, 1.807) is 0 Å². The molecule has 2 aliphatic carbocycles. The van der Waals surface area contributed by atoms with Gasteiger partial charge in [-0.15, -0.1) is 0 Å². The first-order valence-corrected chi connectivity index (χ1v) is 7.26. The molecule has 0 aliphatic heterocycles. The minimum absolute atomic E-state index is 0.103. The first-order chi connectivity index (χ1) is 8.93. The number of carbonyl (C=O) groups excluding carboxylic acids is 2. The summed E-state index contributed by atoms with van der Waals surface area (Å²) in [4.78, 5) is 23.0. The Morgan fingerprint density at radius 3 is 2.37 bits per heavy atom. The Bertz CT molecular complexity index is 355. The van der Waals surface area contributed by atoms with Crippen LogP contribution in [-0.4, -0.2) is 24.6 Å². The van der Waals surface area contributed by atoms with Gasteiger partial charge in [-0.2, -0.15) is 0 Å². The van der Waals surface area contributed by atoms with Gasteiger partial charge >= 0.3 is 11.9 Å². The lowest BCUT2D eigenvalue weighted by atomic mass is 9.98. The van der Waals surface area contributed by atoms with E-state index in [-0.39, 0.29) is 35.3 Å². The minimum Gasteiger partial charge on any atom is -0.466 e. The molecule has 0 N–H and O–H groups in total. The van der Waals surface area contributed by atoms with Crippen LogP contribution in [0.4, 0.5) is 0 Å². The maximum absolute atomic E-state index is 12.2. The van der Waals surface area contributed by atoms with Crippen LogP contribution in [-0.2, 0) is 19.1 Å². The highest BCUT2D eigenvalue weighted by atomic mass is 16.5. The fourth-order valence-electron chi connectivity index (χ4n) is 3.15. The quantitative estimate of drug-likeness (QED) is 0.736. The van der Waals surface area contributed by atoms with Crippen molar-refractivity contribution in [3.05, 3.63) is 0 Å². The highest BCUT2D eigenvalue weighted by molar-refractivity contribution is 5.78. The summed E-state index contributed by atoms with van der Waals surface area (Å²) in [6.45, 7) is 5.79. The van der Waals surface area contributed by atoms with E-state index in [9.17, 15) is 9.59 Å². The van der Waals surface area contributed by atoms with Crippen molar-refractivity contribution in [3.8, 4) is 0 Å². The predicted octanol–water partition coefficient (Wildman–Crippen LogP) is 2.70. The Morgan fingerprint density at radius 2 is 1.79 bits per heavy atom. The van der Waals surface area contributed by atoms with E-state index in [0.29, 0.717) is 6.61 Å². The van der Waals surface area contributed by atoms with E-state index < -0.39 is 0 Å². The molecular weight excluding hydrogens is 244 g/mol. The Kier molecular flexibility index (Phi) is 4.16. The molecule has 108 valence electrons. The molecule has 0 spiro atoms. The average Bonchev–Trinajstić information content (AvgIpc) is 2.90. The molecule has 0 heterocycles. The van der Waals surface area contributed by atoms with Gasteiger partial charge in [0.1, 0.15) is 6.10 Å². The molecule has 4 nitrogen and oxygen atoms in total. The molecule has 0 amide bonds. The lowest BCUT2D eigenvalue weighted by Gasteiger charge is -2.22. The van der Waals surface area contributed by atoms with E-state index in [0.717, 1.165) is 25.7 Å². The van der Waals surface area contributed by atoms with Crippen molar-refractivity contribution < 1.29 is 19.1 Å². The molecule has 0 aromatic heterocycles. The fourth-order valence-corrected chi connectivity index (χ4v) is 3.15. The lowest BCUT2D eigenvalue weighted by Crippen LogP contribution is -2.23. The van der Waals surface area contributed by atoms with Crippen LogP contribution < -0.4 is 0 Å². The third kappa shape index (κ3) is 3.28. The smallest absolute Gasteiger partial charge is 0.310 e. The molecule has 0 saturated heterocycles. The highest BCUT2D eigenvalue weighted by Crippen LogP contribution is 2.59. The molecule has 2 aliphatic rings. The molecule has 4 heteroatoms. The van der Waals surface area contributed by atoms with Crippen LogP contribution in [0.25, 0.3) is 0 Å². The molecule has 2 atom stereocenters. The summed E-state index contributed by atoms with van der Waals surface area (Å²) in [7, 11) is 0. The maximum Gasteiger partial charge on any atom is 0.310 e. The van der Waals surface area contributed by atoms with Crippen LogP contribution in [0.5, 0.6) is 0 Å². The standard InChI is InChI=1S/C15H24O4/c1-10(16)18-9-12-13(15(12,2)3)14(17)19-11-7-5-4-6-8-11/h11-13H,4-9H2,1-3H3. The van der Waals surface area contributed by atoms with Crippen molar-refractivity contribution in [2.45, 2.75) is 59.0 Å². The largest absolute Gasteiger partial charge is 0.466 e. The molecule has 2 fully saturated rings. The van der Waals surface area contributed by atoms with E-state index in [1.807, 2.05) is 13.8 Å². The van der Waals surface area contributed by atoms with Crippen molar-refractivity contribution in [2.75, 3.05) is 6.61 Å². The number of hydrogen-bond acceptors (Lipinski definition) is 4. The molecule has 0 radical (unpaired) electrons. The van der Waals surface area contributed by atoms with Crippen LogP contribution >= 0.6 is 0 Å².